The molecule has 2 aliphatic rings. The van der Waals surface area contributed by atoms with Gasteiger partial charge in [0.15, 0.2) is 9.84 Å². The van der Waals surface area contributed by atoms with Crippen LogP contribution in [0, 0.1) is 0 Å². The van der Waals surface area contributed by atoms with Gasteiger partial charge in [0.1, 0.15) is 17.9 Å². The van der Waals surface area contributed by atoms with Crippen molar-refractivity contribution in [1.82, 2.24) is 9.78 Å². The van der Waals surface area contributed by atoms with Crippen LogP contribution in [-0.2, 0) is 37.0 Å². The van der Waals surface area contributed by atoms with Gasteiger partial charge >= 0.3 is 6.18 Å². The minimum atomic E-state index is -4.63. The number of ether oxygens (including phenoxy) is 3. The van der Waals surface area contributed by atoms with Crippen molar-refractivity contribution in [3.63, 3.8) is 0 Å². The summed E-state index contributed by atoms with van der Waals surface area (Å²) >= 11 is 1.57. The lowest BCUT2D eigenvalue weighted by Crippen LogP contribution is -2.42. The Labute approximate surface area is 194 Å². The van der Waals surface area contributed by atoms with Crippen molar-refractivity contribution < 1.29 is 35.8 Å². The predicted molar refractivity (Wildman–Crippen MR) is 115 cm³/mol. The molecular formula is C21H25F3N2O5S2. The lowest BCUT2D eigenvalue weighted by molar-refractivity contribution is -0.137. The number of methoxy groups -OCH3 is 1. The summed E-state index contributed by atoms with van der Waals surface area (Å²) in [4.78, 5) is -0.341. The maximum absolute atomic E-state index is 13.5. The van der Waals surface area contributed by atoms with Gasteiger partial charge < -0.3 is 14.2 Å². The van der Waals surface area contributed by atoms with Gasteiger partial charge in [-0.25, -0.2) is 13.1 Å². The fourth-order valence-electron chi connectivity index (χ4n) is 3.93. The van der Waals surface area contributed by atoms with Crippen LogP contribution in [-0.4, -0.2) is 55.1 Å². The fourth-order valence-corrected chi connectivity index (χ4v) is 6.77. The van der Waals surface area contributed by atoms with E-state index < -0.39 is 32.4 Å². The van der Waals surface area contributed by atoms with Gasteiger partial charge in [0.2, 0.25) is 0 Å². The smallest absolute Gasteiger partial charge is 0.379 e. The quantitative estimate of drug-likeness (QED) is 0.560. The van der Waals surface area contributed by atoms with Gasteiger partial charge in [-0.3, -0.25) is 0 Å². The fraction of sp³-hybridized carbons (Fsp3) is 0.571. The van der Waals surface area contributed by atoms with Crippen LogP contribution >= 0.6 is 11.8 Å². The van der Waals surface area contributed by atoms with E-state index in [2.05, 4.69) is 5.10 Å². The summed E-state index contributed by atoms with van der Waals surface area (Å²) in [6.07, 6.45) is -4.98. The summed E-state index contributed by atoms with van der Waals surface area (Å²) in [6, 6.07) is 5.76. The zero-order chi connectivity index (χ0) is 23.9. The lowest BCUT2D eigenvalue weighted by atomic mass is 9.95. The Morgan fingerprint density at radius 3 is 2.70 bits per heavy atom. The summed E-state index contributed by atoms with van der Waals surface area (Å²) in [5, 5.41) is 5.61. The third-order valence-electron chi connectivity index (χ3n) is 5.95. The number of sulfone groups is 1. The zero-order valence-corrected chi connectivity index (χ0v) is 19.8. The summed E-state index contributed by atoms with van der Waals surface area (Å²) < 4.78 is 83.2. The highest BCUT2D eigenvalue weighted by molar-refractivity contribution is 8.00. The average molecular weight is 507 g/mol. The molecule has 4 rings (SSSR count). The molecule has 0 spiro atoms. The summed E-state index contributed by atoms with van der Waals surface area (Å²) in [5.41, 5.74) is -0.319. The van der Waals surface area contributed by atoms with E-state index in [0.717, 1.165) is 17.2 Å². The number of alkyl halides is 3. The van der Waals surface area contributed by atoms with Crippen LogP contribution in [0.1, 0.15) is 37.1 Å². The monoisotopic (exact) mass is 506 g/mol. The van der Waals surface area contributed by atoms with E-state index in [1.165, 1.54) is 13.2 Å². The van der Waals surface area contributed by atoms with Gasteiger partial charge in [0.25, 0.3) is 0 Å². The number of halogens is 3. The Morgan fingerprint density at radius 1 is 1.30 bits per heavy atom. The van der Waals surface area contributed by atoms with Gasteiger partial charge in [0, 0.05) is 13.7 Å². The van der Waals surface area contributed by atoms with Crippen molar-refractivity contribution in [2.45, 2.75) is 58.7 Å². The standard InChI is InChI=1S/C21H25F3N2O5S2/c1-20(33(27,28)16-5-3-4-14(8-16)21(22,23)24)6-7-31-18(10-20)17-9-19(25-26(17)13-29-2)32-15-11-30-12-15/h3-5,8-9,15,18H,6-7,10-13H2,1-2H3. The van der Waals surface area contributed by atoms with Crippen molar-refractivity contribution in [3.8, 4) is 0 Å². The van der Waals surface area contributed by atoms with E-state index >= 15 is 0 Å². The van der Waals surface area contributed by atoms with Crippen LogP contribution in [0.25, 0.3) is 0 Å². The number of hydrogen-bond donors (Lipinski definition) is 0. The third kappa shape index (κ3) is 4.95. The topological polar surface area (TPSA) is 79.7 Å². The second kappa shape index (κ2) is 9.21. The molecule has 2 fully saturated rings. The van der Waals surface area contributed by atoms with E-state index in [4.69, 9.17) is 14.2 Å². The molecule has 0 bridgehead atoms. The number of nitrogens with zero attached hydrogens (tertiary/aromatic N) is 2. The molecule has 2 unspecified atom stereocenters. The summed E-state index contributed by atoms with van der Waals surface area (Å²) in [5.74, 6) is 0. The third-order valence-corrected chi connectivity index (χ3v) is 9.54. The Bertz CT molecular complexity index is 1100. The normalized spacial score (nSPS) is 24.6. The minimum absolute atomic E-state index is 0.0810. The highest BCUT2D eigenvalue weighted by Gasteiger charge is 2.46. The van der Waals surface area contributed by atoms with Crippen molar-refractivity contribution in [3.05, 3.63) is 41.6 Å². The summed E-state index contributed by atoms with van der Waals surface area (Å²) in [6.45, 7) is 3.16. The van der Waals surface area contributed by atoms with Gasteiger partial charge in [-0.1, -0.05) is 17.8 Å². The van der Waals surface area contributed by atoms with E-state index in [9.17, 15) is 21.6 Å². The van der Waals surface area contributed by atoms with Crippen molar-refractivity contribution in [2.24, 2.45) is 0 Å². The Balaban J connectivity index is 1.62. The van der Waals surface area contributed by atoms with E-state index in [1.807, 2.05) is 6.07 Å². The van der Waals surface area contributed by atoms with Crippen LogP contribution in [0.15, 0.2) is 40.3 Å². The molecule has 7 nitrogen and oxygen atoms in total. The molecule has 3 heterocycles. The van der Waals surface area contributed by atoms with Crippen LogP contribution in [0.3, 0.4) is 0 Å². The maximum Gasteiger partial charge on any atom is 0.416 e. The number of hydrogen-bond acceptors (Lipinski definition) is 7. The van der Waals surface area contributed by atoms with Crippen LogP contribution in [0.4, 0.5) is 13.2 Å². The second-order valence-electron chi connectivity index (χ2n) is 8.39. The SMILES string of the molecule is COCn1nc(SC2COC2)cc1C1CC(C)(S(=O)(=O)c2cccc(C(F)(F)F)c2)CCO1. The van der Waals surface area contributed by atoms with Gasteiger partial charge in [0.05, 0.1) is 39.4 Å². The van der Waals surface area contributed by atoms with E-state index in [-0.39, 0.29) is 31.1 Å². The van der Waals surface area contributed by atoms with Crippen molar-refractivity contribution in [2.75, 3.05) is 26.9 Å². The number of aromatic nitrogens is 2. The highest BCUT2D eigenvalue weighted by Crippen LogP contribution is 2.43. The van der Waals surface area contributed by atoms with E-state index in [0.29, 0.717) is 30.2 Å². The Kier molecular flexibility index (Phi) is 6.85. The molecule has 2 saturated heterocycles. The molecule has 1 aromatic carbocycles. The summed E-state index contributed by atoms with van der Waals surface area (Å²) in [7, 11) is -2.55. The van der Waals surface area contributed by atoms with Crippen molar-refractivity contribution in [1.29, 1.82) is 0 Å². The molecular weight excluding hydrogens is 481 g/mol. The molecule has 0 radical (unpaired) electrons. The molecule has 0 saturated carbocycles. The first-order valence-electron chi connectivity index (χ1n) is 10.4. The first kappa shape index (κ1) is 24.5. The predicted octanol–water partition coefficient (Wildman–Crippen LogP) is 4.08. The molecule has 0 amide bonds. The maximum atomic E-state index is 13.5. The molecule has 33 heavy (non-hydrogen) atoms. The average Bonchev–Trinajstić information content (AvgIpc) is 3.13. The van der Waals surface area contributed by atoms with E-state index in [1.54, 1.807) is 23.4 Å². The molecule has 1 aromatic heterocycles. The number of rotatable bonds is 7. The number of benzene rings is 1. The Hall–Kier alpha value is -1.60. The first-order valence-corrected chi connectivity index (χ1v) is 12.7. The van der Waals surface area contributed by atoms with Gasteiger partial charge in [-0.05, 0) is 44.0 Å². The van der Waals surface area contributed by atoms with Crippen LogP contribution < -0.4 is 0 Å². The molecule has 2 atom stereocenters. The van der Waals surface area contributed by atoms with Crippen LogP contribution in [0.2, 0.25) is 0 Å². The Morgan fingerprint density at radius 2 is 2.06 bits per heavy atom. The largest absolute Gasteiger partial charge is 0.416 e. The molecule has 182 valence electrons. The first-order chi connectivity index (χ1) is 15.5. The molecule has 12 heteroatoms. The van der Waals surface area contributed by atoms with Crippen LogP contribution in [0.5, 0.6) is 0 Å². The number of thioether (sulfide) groups is 1. The molecule has 0 aliphatic carbocycles. The van der Waals surface area contributed by atoms with Crippen molar-refractivity contribution >= 4 is 21.6 Å². The molecule has 2 aromatic rings. The highest BCUT2D eigenvalue weighted by atomic mass is 32.2. The van der Waals surface area contributed by atoms with Gasteiger partial charge in [-0.2, -0.15) is 18.3 Å². The van der Waals surface area contributed by atoms with Gasteiger partial charge in [-0.15, -0.1) is 0 Å². The second-order valence-corrected chi connectivity index (χ2v) is 12.2. The minimum Gasteiger partial charge on any atom is -0.379 e. The lowest BCUT2D eigenvalue weighted by Gasteiger charge is -2.37. The molecule has 0 N–H and O–H groups in total. The zero-order valence-electron chi connectivity index (χ0n) is 18.2. The molecule has 2 aliphatic heterocycles.